The van der Waals surface area contributed by atoms with Crippen LogP contribution in [0.25, 0.3) is 0 Å². The molecule has 17 heavy (non-hydrogen) atoms. The molecule has 1 N–H and O–H groups in total. The smallest absolute Gasteiger partial charge is 0.256 e. The summed E-state index contributed by atoms with van der Waals surface area (Å²) < 4.78 is 0. The van der Waals surface area contributed by atoms with Gasteiger partial charge in [-0.25, -0.2) is 0 Å². The normalized spacial score (nSPS) is 10.2. The molecule has 5 nitrogen and oxygen atoms in total. The third kappa shape index (κ3) is 2.90. The second-order valence-electron chi connectivity index (χ2n) is 3.78. The van der Waals surface area contributed by atoms with Crippen LogP contribution in [0.2, 0.25) is 0 Å². The number of aromatic amines is 1. The number of nitrogens with one attached hydrogen (secondary N) is 1. The van der Waals surface area contributed by atoms with Crippen LogP contribution in [0.4, 0.5) is 0 Å². The third-order valence-electron chi connectivity index (χ3n) is 2.52. The van der Waals surface area contributed by atoms with Gasteiger partial charge in [0.1, 0.15) is 0 Å². The molecule has 0 fully saturated rings. The molecule has 0 aromatic carbocycles. The Labute approximate surface area is 99.5 Å². The van der Waals surface area contributed by atoms with E-state index in [0.717, 1.165) is 12.1 Å². The molecule has 0 unspecified atom stereocenters. The zero-order valence-corrected chi connectivity index (χ0v) is 9.63. The zero-order valence-electron chi connectivity index (χ0n) is 9.63. The molecule has 2 aromatic rings. The highest BCUT2D eigenvalue weighted by molar-refractivity contribution is 5.93. The van der Waals surface area contributed by atoms with Gasteiger partial charge in [0.25, 0.3) is 5.91 Å². The average molecular weight is 230 g/mol. The molecule has 0 aliphatic heterocycles. The summed E-state index contributed by atoms with van der Waals surface area (Å²) in [5.41, 5.74) is 1.56. The Bertz CT molecular complexity index is 467. The Kier molecular flexibility index (Phi) is 3.49. The predicted octanol–water partition coefficient (Wildman–Crippen LogP) is 1.12. The number of hydrogen-bond acceptors (Lipinski definition) is 3. The fourth-order valence-corrected chi connectivity index (χ4v) is 1.52. The third-order valence-corrected chi connectivity index (χ3v) is 2.52. The van der Waals surface area contributed by atoms with Crippen molar-refractivity contribution >= 4 is 5.91 Å². The summed E-state index contributed by atoms with van der Waals surface area (Å²) in [6, 6.07) is 5.78. The number of H-pyrrole nitrogens is 1. The Hall–Kier alpha value is -2.17. The largest absolute Gasteiger partial charge is 0.341 e. The van der Waals surface area contributed by atoms with Gasteiger partial charge in [-0.05, 0) is 12.1 Å². The maximum atomic E-state index is 11.9. The number of pyridine rings is 1. The maximum Gasteiger partial charge on any atom is 0.256 e. The minimum absolute atomic E-state index is 0.0327. The highest BCUT2D eigenvalue weighted by atomic mass is 16.2. The first-order valence-corrected chi connectivity index (χ1v) is 5.41. The van der Waals surface area contributed by atoms with Crippen LogP contribution in [-0.2, 0) is 6.42 Å². The zero-order chi connectivity index (χ0) is 12.1. The molecule has 0 aliphatic rings. The van der Waals surface area contributed by atoms with Gasteiger partial charge in [-0.1, -0.05) is 6.07 Å². The average Bonchev–Trinajstić information content (AvgIpc) is 2.90. The number of hydrogen-bond donors (Lipinski definition) is 1. The van der Waals surface area contributed by atoms with Gasteiger partial charge in [0.2, 0.25) is 0 Å². The summed E-state index contributed by atoms with van der Waals surface area (Å²) >= 11 is 0. The van der Waals surface area contributed by atoms with Gasteiger partial charge < -0.3 is 4.90 Å². The molecular formula is C12H14N4O. The van der Waals surface area contributed by atoms with Crippen molar-refractivity contribution in [3.63, 3.8) is 0 Å². The number of amides is 1. The Morgan fingerprint density at radius 1 is 1.47 bits per heavy atom. The van der Waals surface area contributed by atoms with Crippen LogP contribution in [0.5, 0.6) is 0 Å². The maximum absolute atomic E-state index is 11.9. The molecule has 0 saturated heterocycles. The van der Waals surface area contributed by atoms with E-state index in [-0.39, 0.29) is 5.91 Å². The SMILES string of the molecule is CN(CCc1ccccn1)C(=O)c1cn[nH]c1. The summed E-state index contributed by atoms with van der Waals surface area (Å²) in [5.74, 6) is -0.0327. The molecule has 2 aromatic heterocycles. The van der Waals surface area contributed by atoms with E-state index in [1.807, 2.05) is 18.2 Å². The summed E-state index contributed by atoms with van der Waals surface area (Å²) in [6.45, 7) is 0.640. The quantitative estimate of drug-likeness (QED) is 0.856. The van der Waals surface area contributed by atoms with Gasteiger partial charge in [-0.2, -0.15) is 5.10 Å². The second-order valence-corrected chi connectivity index (χ2v) is 3.78. The highest BCUT2D eigenvalue weighted by Crippen LogP contribution is 2.02. The van der Waals surface area contributed by atoms with Crippen LogP contribution in [0.3, 0.4) is 0 Å². The van der Waals surface area contributed by atoms with E-state index in [0.29, 0.717) is 12.1 Å². The van der Waals surface area contributed by atoms with Crippen LogP contribution in [0.1, 0.15) is 16.1 Å². The van der Waals surface area contributed by atoms with E-state index in [4.69, 9.17) is 0 Å². The van der Waals surface area contributed by atoms with Crippen molar-refractivity contribution in [3.8, 4) is 0 Å². The van der Waals surface area contributed by atoms with Gasteiger partial charge in [0.05, 0.1) is 11.8 Å². The second kappa shape index (κ2) is 5.25. The fraction of sp³-hybridized carbons (Fsp3) is 0.250. The van der Waals surface area contributed by atoms with Crippen LogP contribution in [0, 0.1) is 0 Å². The van der Waals surface area contributed by atoms with Crippen LogP contribution in [0.15, 0.2) is 36.8 Å². The van der Waals surface area contributed by atoms with E-state index in [1.54, 1.807) is 24.3 Å². The topological polar surface area (TPSA) is 61.9 Å². The van der Waals surface area contributed by atoms with Crippen LogP contribution in [-0.4, -0.2) is 39.6 Å². The van der Waals surface area contributed by atoms with Crippen molar-refractivity contribution in [3.05, 3.63) is 48.0 Å². The molecule has 0 aliphatic carbocycles. The Morgan fingerprint density at radius 3 is 3.00 bits per heavy atom. The minimum atomic E-state index is -0.0327. The number of carbonyl (C=O) groups excluding carboxylic acids is 1. The first-order chi connectivity index (χ1) is 8.27. The lowest BCUT2D eigenvalue weighted by Gasteiger charge is -2.15. The molecule has 0 saturated carbocycles. The summed E-state index contributed by atoms with van der Waals surface area (Å²) in [6.07, 6.45) is 5.63. The predicted molar refractivity (Wildman–Crippen MR) is 63.5 cm³/mol. The molecule has 88 valence electrons. The molecule has 1 amide bonds. The lowest BCUT2D eigenvalue weighted by atomic mass is 10.2. The van der Waals surface area contributed by atoms with Crippen molar-refractivity contribution in [1.29, 1.82) is 0 Å². The van der Waals surface area contributed by atoms with Crippen molar-refractivity contribution < 1.29 is 4.79 Å². The van der Waals surface area contributed by atoms with Gasteiger partial charge in [0.15, 0.2) is 0 Å². The van der Waals surface area contributed by atoms with Crippen molar-refractivity contribution in [2.45, 2.75) is 6.42 Å². The van der Waals surface area contributed by atoms with Crippen LogP contribution >= 0.6 is 0 Å². The Morgan fingerprint density at radius 2 is 2.35 bits per heavy atom. The molecule has 2 rings (SSSR count). The van der Waals surface area contributed by atoms with E-state index in [1.165, 1.54) is 6.20 Å². The van der Waals surface area contributed by atoms with Gasteiger partial charge in [0, 0.05) is 38.1 Å². The summed E-state index contributed by atoms with van der Waals surface area (Å²) in [7, 11) is 1.78. The van der Waals surface area contributed by atoms with Crippen molar-refractivity contribution in [2.24, 2.45) is 0 Å². The lowest BCUT2D eigenvalue weighted by Crippen LogP contribution is -2.28. The number of carbonyl (C=O) groups is 1. The van der Waals surface area contributed by atoms with Crippen molar-refractivity contribution in [1.82, 2.24) is 20.1 Å². The van der Waals surface area contributed by atoms with E-state index in [9.17, 15) is 4.79 Å². The molecule has 0 spiro atoms. The number of nitrogens with zero attached hydrogens (tertiary/aromatic N) is 3. The minimum Gasteiger partial charge on any atom is -0.341 e. The monoisotopic (exact) mass is 230 g/mol. The van der Waals surface area contributed by atoms with Gasteiger partial charge in [-0.15, -0.1) is 0 Å². The number of rotatable bonds is 4. The van der Waals surface area contributed by atoms with E-state index < -0.39 is 0 Å². The van der Waals surface area contributed by atoms with Gasteiger partial charge in [-0.3, -0.25) is 14.9 Å². The lowest BCUT2D eigenvalue weighted by molar-refractivity contribution is 0.0796. The summed E-state index contributed by atoms with van der Waals surface area (Å²) in [5, 5.41) is 6.39. The molecule has 0 radical (unpaired) electrons. The molecule has 0 bridgehead atoms. The first kappa shape index (κ1) is 11.3. The number of likely N-dealkylation sites (N-methyl/N-ethyl adjacent to an activating group) is 1. The van der Waals surface area contributed by atoms with Crippen LogP contribution < -0.4 is 0 Å². The fourth-order valence-electron chi connectivity index (χ4n) is 1.52. The molecule has 2 heterocycles. The Balaban J connectivity index is 1.90. The van der Waals surface area contributed by atoms with Gasteiger partial charge >= 0.3 is 0 Å². The highest BCUT2D eigenvalue weighted by Gasteiger charge is 2.12. The molecule has 0 atom stereocenters. The standard InChI is InChI=1S/C12H14N4O/c1-16(12(17)10-8-14-15-9-10)7-5-11-4-2-3-6-13-11/h2-4,6,8-9H,5,7H2,1H3,(H,14,15). The van der Waals surface area contributed by atoms with E-state index >= 15 is 0 Å². The van der Waals surface area contributed by atoms with Crippen molar-refractivity contribution in [2.75, 3.05) is 13.6 Å². The number of aromatic nitrogens is 3. The van der Waals surface area contributed by atoms with E-state index in [2.05, 4.69) is 15.2 Å². The molecular weight excluding hydrogens is 216 g/mol. The molecule has 5 heteroatoms. The first-order valence-electron chi connectivity index (χ1n) is 5.41. The summed E-state index contributed by atoms with van der Waals surface area (Å²) in [4.78, 5) is 17.8.